The largest absolute Gasteiger partial charge is 0.387 e. The lowest BCUT2D eigenvalue weighted by atomic mass is 9.48. The maximum Gasteiger partial charge on any atom is 0.0882 e. The van der Waals surface area contributed by atoms with Gasteiger partial charge in [-0.15, -0.1) is 0 Å². The number of ether oxygens (including phenoxy) is 1. The molecule has 9 atom stereocenters. The Morgan fingerprint density at radius 3 is 2.58 bits per heavy atom. The van der Waals surface area contributed by atoms with E-state index in [1.54, 1.807) is 7.11 Å². The molecule has 4 nitrogen and oxygen atoms in total. The summed E-state index contributed by atoms with van der Waals surface area (Å²) in [4.78, 5) is 0. The van der Waals surface area contributed by atoms with Gasteiger partial charge in [0, 0.05) is 13.2 Å². The summed E-state index contributed by atoms with van der Waals surface area (Å²) in [6.45, 7) is 5.36. The molecule has 1 unspecified atom stereocenters. The van der Waals surface area contributed by atoms with Crippen LogP contribution in [0.3, 0.4) is 0 Å². The molecule has 26 heavy (non-hydrogen) atoms. The van der Waals surface area contributed by atoms with E-state index >= 15 is 0 Å². The van der Waals surface area contributed by atoms with Crippen LogP contribution >= 0.6 is 0 Å². The number of rotatable bonds is 4. The van der Waals surface area contributed by atoms with Gasteiger partial charge in [0.05, 0.1) is 12.2 Å². The molecule has 0 bridgehead atoms. The molecule has 0 amide bonds. The van der Waals surface area contributed by atoms with Gasteiger partial charge in [-0.25, -0.2) is 0 Å². The molecule has 0 heterocycles. The van der Waals surface area contributed by atoms with Gasteiger partial charge in [0.1, 0.15) is 0 Å². The van der Waals surface area contributed by atoms with Crippen molar-refractivity contribution in [3.63, 3.8) is 0 Å². The second-order valence-electron chi connectivity index (χ2n) is 10.5. The van der Waals surface area contributed by atoms with E-state index in [2.05, 4.69) is 19.3 Å². The zero-order valence-electron chi connectivity index (χ0n) is 17.0. The van der Waals surface area contributed by atoms with E-state index in [4.69, 9.17) is 10.6 Å². The van der Waals surface area contributed by atoms with Crippen LogP contribution in [0.2, 0.25) is 0 Å². The van der Waals surface area contributed by atoms with E-state index in [1.165, 1.54) is 44.9 Å². The van der Waals surface area contributed by atoms with Gasteiger partial charge in [0.2, 0.25) is 0 Å². The van der Waals surface area contributed by atoms with Gasteiger partial charge >= 0.3 is 0 Å². The van der Waals surface area contributed by atoms with Crippen molar-refractivity contribution in [1.29, 1.82) is 0 Å². The van der Waals surface area contributed by atoms with E-state index in [1.807, 2.05) is 0 Å². The predicted molar refractivity (Wildman–Crippen MR) is 104 cm³/mol. The normalized spacial score (nSPS) is 52.0. The molecule has 150 valence electrons. The van der Waals surface area contributed by atoms with Crippen molar-refractivity contribution in [2.45, 2.75) is 83.3 Å². The van der Waals surface area contributed by atoms with E-state index in [0.29, 0.717) is 18.1 Å². The first-order valence-electron chi connectivity index (χ1n) is 11.1. The molecule has 0 spiro atoms. The predicted octanol–water partition coefficient (Wildman–Crippen LogP) is 3.48. The lowest BCUT2D eigenvalue weighted by Crippen LogP contribution is -2.53. The van der Waals surface area contributed by atoms with Gasteiger partial charge in [-0.05, 0) is 106 Å². The molecule has 0 radical (unpaired) electrons. The SMILES string of the molecule is COC[C@@]1(O)CC[C@H]2[C@H](CC[C@@H]3[C@@H]2CC[C@]2(C)[C@@H](C(C)NN)CC[C@@H]32)C1. The minimum absolute atomic E-state index is 0.427. The molecular weight excluding hydrogens is 324 g/mol. The Morgan fingerprint density at radius 2 is 1.85 bits per heavy atom. The molecule has 4 fully saturated rings. The third kappa shape index (κ3) is 2.96. The van der Waals surface area contributed by atoms with Gasteiger partial charge in [-0.3, -0.25) is 11.3 Å². The molecule has 4 aliphatic carbocycles. The van der Waals surface area contributed by atoms with Gasteiger partial charge in [0.25, 0.3) is 0 Å². The summed E-state index contributed by atoms with van der Waals surface area (Å²) >= 11 is 0. The first kappa shape index (κ1) is 19.2. The van der Waals surface area contributed by atoms with Crippen molar-refractivity contribution in [2.75, 3.05) is 13.7 Å². The molecule has 0 aromatic heterocycles. The maximum absolute atomic E-state index is 10.9. The van der Waals surface area contributed by atoms with E-state index < -0.39 is 5.60 Å². The van der Waals surface area contributed by atoms with Gasteiger partial charge in [0.15, 0.2) is 0 Å². The monoisotopic (exact) mass is 364 g/mol. The number of fused-ring (bicyclic) bond motifs is 5. The van der Waals surface area contributed by atoms with Crippen LogP contribution < -0.4 is 11.3 Å². The van der Waals surface area contributed by atoms with Crippen LogP contribution in [0.15, 0.2) is 0 Å². The third-order valence-electron chi connectivity index (χ3n) is 9.46. The number of aliphatic hydroxyl groups is 1. The smallest absolute Gasteiger partial charge is 0.0882 e. The third-order valence-corrected chi connectivity index (χ3v) is 9.46. The molecule has 4 N–H and O–H groups in total. The Kier molecular flexibility index (Phi) is 5.18. The molecule has 0 aliphatic heterocycles. The zero-order valence-corrected chi connectivity index (χ0v) is 17.0. The van der Waals surface area contributed by atoms with Gasteiger partial charge in [-0.2, -0.15) is 0 Å². The standard InChI is InChI=1S/C22H40N2O2/c1-14(24-23)19-6-7-20-18-5-4-15-12-22(25,13-26-3)11-9-16(15)17(18)8-10-21(19,20)2/h14-20,24-25H,4-13,23H2,1-3H3/t14?,15-,16+,17-,18-,19-,20+,21-,22-/m1/s1. The fourth-order valence-electron chi connectivity index (χ4n) is 8.34. The maximum atomic E-state index is 10.9. The van der Waals surface area contributed by atoms with Crippen molar-refractivity contribution in [2.24, 2.45) is 46.8 Å². The van der Waals surface area contributed by atoms with Crippen molar-refractivity contribution < 1.29 is 9.84 Å². The van der Waals surface area contributed by atoms with Crippen LogP contribution in [0.4, 0.5) is 0 Å². The van der Waals surface area contributed by atoms with Crippen LogP contribution in [0.5, 0.6) is 0 Å². The summed E-state index contributed by atoms with van der Waals surface area (Å²) in [5.41, 5.74) is 2.98. The molecule has 0 aromatic carbocycles. The fourth-order valence-corrected chi connectivity index (χ4v) is 8.34. The Hall–Kier alpha value is -0.160. The summed E-state index contributed by atoms with van der Waals surface area (Å²) in [7, 11) is 1.72. The second kappa shape index (κ2) is 7.02. The number of hydrazine groups is 1. The fraction of sp³-hybridized carbons (Fsp3) is 1.00. The second-order valence-corrected chi connectivity index (χ2v) is 10.5. The van der Waals surface area contributed by atoms with Gasteiger partial charge < -0.3 is 9.84 Å². The number of nitrogens with one attached hydrogen (secondary N) is 1. The highest BCUT2D eigenvalue weighted by atomic mass is 16.5. The Bertz CT molecular complexity index is 514. The molecule has 0 aromatic rings. The molecule has 4 aliphatic rings. The molecular formula is C22H40N2O2. The van der Waals surface area contributed by atoms with Crippen LogP contribution in [0.1, 0.15) is 71.6 Å². The highest BCUT2D eigenvalue weighted by Crippen LogP contribution is 2.65. The van der Waals surface area contributed by atoms with Crippen LogP contribution in [0.25, 0.3) is 0 Å². The average molecular weight is 365 g/mol. The summed E-state index contributed by atoms with van der Waals surface area (Å²) in [6.07, 6.45) is 11.3. The zero-order chi connectivity index (χ0) is 18.5. The first-order chi connectivity index (χ1) is 12.4. The summed E-state index contributed by atoms with van der Waals surface area (Å²) in [6, 6.07) is 0.427. The average Bonchev–Trinajstić information content (AvgIpc) is 2.98. The molecule has 4 heteroatoms. The Balaban J connectivity index is 1.49. The van der Waals surface area contributed by atoms with Crippen molar-refractivity contribution in [3.8, 4) is 0 Å². The minimum Gasteiger partial charge on any atom is -0.387 e. The van der Waals surface area contributed by atoms with Crippen LogP contribution in [-0.2, 0) is 4.74 Å². The van der Waals surface area contributed by atoms with Crippen molar-refractivity contribution in [3.05, 3.63) is 0 Å². The van der Waals surface area contributed by atoms with E-state index in [9.17, 15) is 5.11 Å². The molecule has 0 saturated heterocycles. The quantitative estimate of drug-likeness (QED) is 0.528. The summed E-state index contributed by atoms with van der Waals surface area (Å²) < 4.78 is 5.32. The van der Waals surface area contributed by atoms with Gasteiger partial charge in [-0.1, -0.05) is 6.92 Å². The summed E-state index contributed by atoms with van der Waals surface area (Å²) in [5, 5.41) is 10.9. The first-order valence-corrected chi connectivity index (χ1v) is 11.1. The highest BCUT2D eigenvalue weighted by molar-refractivity contribution is 5.08. The minimum atomic E-state index is -0.563. The lowest BCUT2D eigenvalue weighted by molar-refractivity contribution is -0.125. The van der Waals surface area contributed by atoms with E-state index in [0.717, 1.165) is 48.3 Å². The van der Waals surface area contributed by atoms with E-state index in [-0.39, 0.29) is 0 Å². The highest BCUT2D eigenvalue weighted by Gasteiger charge is 2.58. The Morgan fingerprint density at radius 1 is 1.08 bits per heavy atom. The number of hydrogen-bond acceptors (Lipinski definition) is 4. The van der Waals surface area contributed by atoms with Crippen molar-refractivity contribution in [1.82, 2.24) is 5.43 Å². The number of methoxy groups -OCH3 is 1. The van der Waals surface area contributed by atoms with Crippen molar-refractivity contribution >= 4 is 0 Å². The summed E-state index contributed by atoms with van der Waals surface area (Å²) in [5.74, 6) is 10.8. The number of nitrogens with two attached hydrogens (primary N) is 1. The van der Waals surface area contributed by atoms with Crippen LogP contribution in [0, 0.1) is 40.9 Å². The Labute approximate surface area is 159 Å². The van der Waals surface area contributed by atoms with Crippen LogP contribution in [-0.4, -0.2) is 30.5 Å². The lowest BCUT2D eigenvalue weighted by Gasteiger charge is -2.57. The molecule has 4 rings (SSSR count). The topological polar surface area (TPSA) is 67.5 Å². The number of hydrogen-bond donors (Lipinski definition) is 3. The molecule has 4 saturated carbocycles.